The van der Waals surface area contributed by atoms with Crippen LogP contribution in [0, 0.1) is 0 Å². The van der Waals surface area contributed by atoms with Gasteiger partial charge in [-0.25, -0.2) is 0 Å². The fourth-order valence-electron chi connectivity index (χ4n) is 2.44. The van der Waals surface area contributed by atoms with Gasteiger partial charge in [0.1, 0.15) is 0 Å². The van der Waals surface area contributed by atoms with E-state index in [1.165, 1.54) is 0 Å². The summed E-state index contributed by atoms with van der Waals surface area (Å²) in [5, 5.41) is 3.32. The largest absolute Gasteiger partial charge is 0.299 e. The zero-order valence-corrected chi connectivity index (χ0v) is 12.5. The number of rotatable bonds is 7. The molecule has 0 radical (unpaired) electrons. The van der Waals surface area contributed by atoms with E-state index in [2.05, 4.69) is 18.9 Å². The number of aromatic amines is 1. The summed E-state index contributed by atoms with van der Waals surface area (Å²) in [6.45, 7) is 5.10. The first-order valence-corrected chi connectivity index (χ1v) is 7.65. The van der Waals surface area contributed by atoms with Gasteiger partial charge in [0.25, 0.3) is 5.56 Å². The Kier molecular flexibility index (Phi) is 5.22. The molecule has 0 aliphatic rings. The second-order valence-corrected chi connectivity index (χ2v) is 5.25. The number of nitrogens with zero attached hydrogens (tertiary/aromatic N) is 1. The van der Waals surface area contributed by atoms with E-state index in [0.717, 1.165) is 55.5 Å². The third-order valence-electron chi connectivity index (χ3n) is 3.61. The van der Waals surface area contributed by atoms with Crippen LogP contribution in [-0.2, 0) is 13.0 Å². The van der Waals surface area contributed by atoms with Gasteiger partial charge in [-0.2, -0.15) is 0 Å². The highest BCUT2D eigenvalue weighted by Gasteiger charge is 2.15. The number of unbranched alkanes of at least 4 members (excludes halogenated alkanes) is 2. The van der Waals surface area contributed by atoms with Gasteiger partial charge in [0.15, 0.2) is 0 Å². The van der Waals surface area contributed by atoms with Gasteiger partial charge >= 0.3 is 0 Å². The van der Waals surface area contributed by atoms with E-state index in [0.29, 0.717) is 0 Å². The summed E-state index contributed by atoms with van der Waals surface area (Å²) in [6.07, 6.45) is 5.30. The Labute approximate surface area is 120 Å². The minimum absolute atomic E-state index is 0.121. The van der Waals surface area contributed by atoms with Gasteiger partial charge in [0, 0.05) is 12.2 Å². The van der Waals surface area contributed by atoms with Crippen molar-refractivity contribution in [1.82, 2.24) is 9.78 Å². The van der Waals surface area contributed by atoms with Crippen LogP contribution in [0.5, 0.6) is 0 Å². The van der Waals surface area contributed by atoms with Crippen molar-refractivity contribution in [3.8, 4) is 11.1 Å². The predicted octanol–water partition coefficient (Wildman–Crippen LogP) is 3.99. The summed E-state index contributed by atoms with van der Waals surface area (Å²) in [7, 11) is 0. The molecule has 3 heteroatoms. The van der Waals surface area contributed by atoms with Crippen molar-refractivity contribution in [1.29, 1.82) is 0 Å². The Morgan fingerprint density at radius 1 is 1.05 bits per heavy atom. The lowest BCUT2D eigenvalue weighted by Crippen LogP contribution is -2.17. The average Bonchev–Trinajstić information content (AvgIpc) is 2.80. The smallest absolute Gasteiger partial charge is 0.274 e. The zero-order valence-electron chi connectivity index (χ0n) is 12.5. The highest BCUT2D eigenvalue weighted by atomic mass is 16.1. The monoisotopic (exact) mass is 272 g/mol. The van der Waals surface area contributed by atoms with Crippen LogP contribution >= 0.6 is 0 Å². The van der Waals surface area contributed by atoms with Gasteiger partial charge in [0.2, 0.25) is 0 Å². The van der Waals surface area contributed by atoms with Crippen LogP contribution in [0.25, 0.3) is 11.1 Å². The van der Waals surface area contributed by atoms with E-state index in [-0.39, 0.29) is 5.56 Å². The minimum Gasteiger partial charge on any atom is -0.299 e. The third kappa shape index (κ3) is 3.21. The lowest BCUT2D eigenvalue weighted by atomic mass is 10.0. The van der Waals surface area contributed by atoms with Gasteiger partial charge in [0.05, 0.1) is 5.56 Å². The quantitative estimate of drug-likeness (QED) is 0.813. The fourth-order valence-corrected chi connectivity index (χ4v) is 2.44. The van der Waals surface area contributed by atoms with Crippen LogP contribution in [-0.4, -0.2) is 9.78 Å². The molecule has 0 amide bonds. The molecule has 0 saturated heterocycles. The maximum Gasteiger partial charge on any atom is 0.274 e. The molecule has 0 aliphatic carbocycles. The first-order chi connectivity index (χ1) is 9.77. The first-order valence-electron chi connectivity index (χ1n) is 7.65. The molecule has 2 aromatic rings. The lowest BCUT2D eigenvalue weighted by Gasteiger charge is -2.01. The normalized spacial score (nSPS) is 10.9. The second-order valence-electron chi connectivity index (χ2n) is 5.25. The molecule has 1 aromatic heterocycles. The zero-order chi connectivity index (χ0) is 14.4. The van der Waals surface area contributed by atoms with E-state index >= 15 is 0 Å². The molecular weight excluding hydrogens is 248 g/mol. The highest BCUT2D eigenvalue weighted by molar-refractivity contribution is 5.65. The van der Waals surface area contributed by atoms with Crippen molar-refractivity contribution in [2.24, 2.45) is 0 Å². The van der Waals surface area contributed by atoms with Crippen LogP contribution in [0.4, 0.5) is 0 Å². The molecule has 0 saturated carbocycles. The first kappa shape index (κ1) is 14.6. The van der Waals surface area contributed by atoms with E-state index in [4.69, 9.17) is 0 Å². The highest BCUT2D eigenvalue weighted by Crippen LogP contribution is 2.20. The summed E-state index contributed by atoms with van der Waals surface area (Å²) in [5.41, 5.74) is 3.08. The molecule has 0 unspecified atom stereocenters. The molecule has 0 spiro atoms. The number of aryl methyl sites for hydroxylation is 2. The summed E-state index contributed by atoms with van der Waals surface area (Å²) >= 11 is 0. The summed E-state index contributed by atoms with van der Waals surface area (Å²) in [6, 6.07) is 10.00. The maximum absolute atomic E-state index is 12.6. The van der Waals surface area contributed by atoms with E-state index in [1.807, 2.05) is 30.3 Å². The molecule has 3 nitrogen and oxygen atoms in total. The number of hydrogen-bond donors (Lipinski definition) is 1. The molecule has 108 valence electrons. The summed E-state index contributed by atoms with van der Waals surface area (Å²) < 4.78 is 1.77. The van der Waals surface area contributed by atoms with Gasteiger partial charge in [-0.15, -0.1) is 0 Å². The van der Waals surface area contributed by atoms with Crippen LogP contribution in [0.1, 0.15) is 45.2 Å². The van der Waals surface area contributed by atoms with Gasteiger partial charge < -0.3 is 0 Å². The minimum atomic E-state index is 0.121. The van der Waals surface area contributed by atoms with Crippen LogP contribution < -0.4 is 5.56 Å². The van der Waals surface area contributed by atoms with Gasteiger partial charge in [-0.1, -0.05) is 57.0 Å². The summed E-state index contributed by atoms with van der Waals surface area (Å²) in [5.74, 6) is 0. The Balaban J connectivity index is 2.41. The van der Waals surface area contributed by atoms with E-state index in [9.17, 15) is 4.79 Å². The summed E-state index contributed by atoms with van der Waals surface area (Å²) in [4.78, 5) is 12.6. The average molecular weight is 272 g/mol. The topological polar surface area (TPSA) is 37.8 Å². The molecule has 20 heavy (non-hydrogen) atoms. The number of aromatic nitrogens is 2. The second kappa shape index (κ2) is 7.13. The van der Waals surface area contributed by atoms with Crippen molar-refractivity contribution in [2.45, 2.75) is 52.5 Å². The molecular formula is C17H24N2O. The van der Waals surface area contributed by atoms with Crippen molar-refractivity contribution in [3.05, 3.63) is 46.4 Å². The number of hydrogen-bond acceptors (Lipinski definition) is 1. The number of benzene rings is 1. The molecule has 1 heterocycles. The standard InChI is InChI=1S/C17H24N2O/c1-3-5-12-15-16(14-10-8-7-9-11-14)17(20)19(18-15)13-6-4-2/h7-11,18H,3-6,12-13H2,1-2H3. The van der Waals surface area contributed by atoms with Gasteiger partial charge in [-0.05, 0) is 24.8 Å². The Hall–Kier alpha value is -1.77. The molecule has 0 aliphatic heterocycles. The van der Waals surface area contributed by atoms with Crippen LogP contribution in [0.3, 0.4) is 0 Å². The third-order valence-corrected chi connectivity index (χ3v) is 3.61. The van der Waals surface area contributed by atoms with Crippen molar-refractivity contribution >= 4 is 0 Å². The van der Waals surface area contributed by atoms with E-state index in [1.54, 1.807) is 4.68 Å². The molecule has 0 atom stereocenters. The molecule has 1 N–H and O–H groups in total. The van der Waals surface area contributed by atoms with Crippen LogP contribution in [0.15, 0.2) is 35.1 Å². The maximum atomic E-state index is 12.6. The van der Waals surface area contributed by atoms with Crippen molar-refractivity contribution < 1.29 is 0 Å². The number of H-pyrrole nitrogens is 1. The Morgan fingerprint density at radius 3 is 2.40 bits per heavy atom. The number of nitrogens with one attached hydrogen (secondary N) is 1. The molecule has 0 bridgehead atoms. The van der Waals surface area contributed by atoms with Gasteiger partial charge in [-0.3, -0.25) is 14.6 Å². The predicted molar refractivity (Wildman–Crippen MR) is 84.0 cm³/mol. The van der Waals surface area contributed by atoms with E-state index < -0.39 is 0 Å². The fraction of sp³-hybridized carbons (Fsp3) is 0.471. The van der Waals surface area contributed by atoms with Crippen molar-refractivity contribution in [3.63, 3.8) is 0 Å². The Bertz CT molecular complexity index is 581. The Morgan fingerprint density at radius 2 is 1.75 bits per heavy atom. The lowest BCUT2D eigenvalue weighted by molar-refractivity contribution is 0.550. The van der Waals surface area contributed by atoms with Crippen molar-refractivity contribution in [2.75, 3.05) is 0 Å². The molecule has 0 fully saturated rings. The molecule has 1 aromatic carbocycles. The SMILES string of the molecule is CCCCc1[nH]n(CCCC)c(=O)c1-c1ccccc1. The van der Waals surface area contributed by atoms with Crippen LogP contribution in [0.2, 0.25) is 0 Å². The molecule has 2 rings (SSSR count).